The fourth-order valence-electron chi connectivity index (χ4n) is 3.11. The number of carbonyl (C=O) groups excluding carboxylic acids is 1. The lowest BCUT2D eigenvalue weighted by Gasteiger charge is -2.33. The van der Waals surface area contributed by atoms with E-state index in [4.69, 9.17) is 0 Å². The lowest BCUT2D eigenvalue weighted by atomic mass is 10.1. The van der Waals surface area contributed by atoms with Crippen LogP contribution >= 0.6 is 23.7 Å². The molecule has 0 aromatic heterocycles. The fraction of sp³-hybridized carbons (Fsp3) is 0.316. The van der Waals surface area contributed by atoms with Crippen LogP contribution in [0.2, 0.25) is 0 Å². The molecule has 0 spiro atoms. The Labute approximate surface area is 157 Å². The maximum atomic E-state index is 10.8. The molecular weight excluding hydrogens is 350 g/mol. The van der Waals surface area contributed by atoms with E-state index in [1.807, 2.05) is 28.6 Å². The van der Waals surface area contributed by atoms with Crippen molar-refractivity contribution in [3.8, 4) is 0 Å². The number of rotatable bonds is 4. The predicted molar refractivity (Wildman–Crippen MR) is 106 cm³/mol. The molecule has 130 valence electrons. The lowest BCUT2D eigenvalue weighted by molar-refractivity contribution is -0.119. The van der Waals surface area contributed by atoms with Gasteiger partial charge in [-0.3, -0.25) is 4.79 Å². The highest BCUT2D eigenvalue weighted by Gasteiger charge is 2.21. The zero-order chi connectivity index (χ0) is 17.2. The topological polar surface area (TPSA) is 35.6 Å². The van der Waals surface area contributed by atoms with E-state index in [0.29, 0.717) is 5.25 Å². The van der Waals surface area contributed by atoms with Crippen molar-refractivity contribution in [3.63, 3.8) is 0 Å². The Balaban J connectivity index is 1.44. The zero-order valence-electron chi connectivity index (χ0n) is 14.1. The first-order valence-electron chi connectivity index (χ1n) is 8.52. The normalized spacial score (nSPS) is 18.0. The van der Waals surface area contributed by atoms with Gasteiger partial charge in [-0.1, -0.05) is 41.9 Å². The summed E-state index contributed by atoms with van der Waals surface area (Å²) < 4.78 is 2.38. The first-order chi connectivity index (χ1) is 12.2. The van der Waals surface area contributed by atoms with E-state index in [-0.39, 0.29) is 0 Å². The molecule has 0 aliphatic carbocycles. The maximum absolute atomic E-state index is 10.8. The van der Waals surface area contributed by atoms with Gasteiger partial charge in [0.25, 0.3) is 0 Å². The molecule has 0 bridgehead atoms. The number of nitrogens with one attached hydrogen (secondary N) is 1. The minimum absolute atomic E-state index is 0.386. The average Bonchev–Trinajstić information content (AvgIpc) is 2.66. The van der Waals surface area contributed by atoms with Gasteiger partial charge in [0.15, 0.2) is 0 Å². The van der Waals surface area contributed by atoms with Crippen molar-refractivity contribution in [1.29, 1.82) is 0 Å². The molecule has 2 aliphatic heterocycles. The Morgan fingerprint density at radius 1 is 1.08 bits per heavy atom. The molecule has 2 aromatic carbocycles. The molecule has 2 aromatic rings. The van der Waals surface area contributed by atoms with Crippen molar-refractivity contribution in [2.24, 2.45) is 0 Å². The van der Waals surface area contributed by atoms with Crippen LogP contribution in [-0.4, -0.2) is 41.8 Å². The summed E-state index contributed by atoms with van der Waals surface area (Å²) in [5.41, 5.74) is 3.70. The van der Waals surface area contributed by atoms with E-state index in [2.05, 4.69) is 59.0 Å². The number of fused-ring (bicyclic) bond motifs is 2. The number of hydrogen-bond donors (Lipinski definition) is 1. The van der Waals surface area contributed by atoms with E-state index in [0.717, 1.165) is 32.6 Å². The summed E-state index contributed by atoms with van der Waals surface area (Å²) >= 11 is 3.70. The van der Waals surface area contributed by atoms with E-state index in [1.165, 1.54) is 26.7 Å². The van der Waals surface area contributed by atoms with Crippen LogP contribution in [0, 0.1) is 0 Å². The Bertz CT molecular complexity index is 775. The molecule has 6 heteroatoms. The molecule has 2 heterocycles. The third-order valence-electron chi connectivity index (χ3n) is 4.58. The highest BCUT2D eigenvalue weighted by molar-refractivity contribution is 7.99. The van der Waals surface area contributed by atoms with Gasteiger partial charge < -0.3 is 10.2 Å². The summed E-state index contributed by atoms with van der Waals surface area (Å²) in [6.45, 7) is 5.76. The van der Waals surface area contributed by atoms with Crippen LogP contribution in [0.4, 0.5) is 11.4 Å². The molecule has 0 saturated carbocycles. The lowest BCUT2D eigenvalue weighted by Crippen LogP contribution is -2.42. The fourth-order valence-corrected chi connectivity index (χ4v) is 5.17. The SMILES string of the molecule is CC(SN1CCN(C=O)CC1)c1ccc2c(c1)Nc1ccccc1S2. The molecular formula is C19H21N3OS2. The van der Waals surface area contributed by atoms with Gasteiger partial charge in [-0.15, -0.1) is 0 Å². The van der Waals surface area contributed by atoms with Crippen molar-refractivity contribution in [1.82, 2.24) is 9.21 Å². The van der Waals surface area contributed by atoms with Gasteiger partial charge in [0, 0.05) is 41.2 Å². The van der Waals surface area contributed by atoms with Gasteiger partial charge in [0.1, 0.15) is 0 Å². The number of hydrogen-bond acceptors (Lipinski definition) is 5. The van der Waals surface area contributed by atoms with E-state index in [9.17, 15) is 4.79 Å². The molecule has 4 nitrogen and oxygen atoms in total. The molecule has 1 fully saturated rings. The van der Waals surface area contributed by atoms with Crippen LogP contribution in [0.1, 0.15) is 17.7 Å². The zero-order valence-corrected chi connectivity index (χ0v) is 15.8. The van der Waals surface area contributed by atoms with Gasteiger partial charge in [0.2, 0.25) is 6.41 Å². The highest BCUT2D eigenvalue weighted by atomic mass is 32.2. The van der Waals surface area contributed by atoms with Crippen LogP contribution in [0.25, 0.3) is 0 Å². The van der Waals surface area contributed by atoms with Gasteiger partial charge in [-0.25, -0.2) is 4.31 Å². The van der Waals surface area contributed by atoms with E-state index >= 15 is 0 Å². The standard InChI is InChI=1S/C19H21N3OS2/c1-14(25-22-10-8-21(13-23)9-11-22)15-6-7-19-17(12-15)20-16-4-2-3-5-18(16)24-19/h2-7,12-14,20H,8-11H2,1H3. The molecule has 2 aliphatic rings. The van der Waals surface area contributed by atoms with Crippen molar-refractivity contribution in [3.05, 3.63) is 48.0 Å². The van der Waals surface area contributed by atoms with Crippen LogP contribution in [0.15, 0.2) is 52.3 Å². The third-order valence-corrected chi connectivity index (χ3v) is 6.98. The summed E-state index contributed by atoms with van der Waals surface area (Å²) in [6.07, 6.45) is 0.954. The quantitative estimate of drug-likeness (QED) is 0.544. The number of anilines is 2. The first kappa shape index (κ1) is 16.8. The number of para-hydroxylation sites is 1. The second-order valence-electron chi connectivity index (χ2n) is 6.30. The minimum Gasteiger partial charge on any atom is -0.354 e. The summed E-state index contributed by atoms with van der Waals surface area (Å²) in [5, 5.41) is 3.95. The van der Waals surface area contributed by atoms with E-state index < -0.39 is 0 Å². The molecule has 1 atom stereocenters. The Hall–Kier alpha value is -1.63. The number of piperazine rings is 1. The second kappa shape index (κ2) is 7.32. The Kier molecular flexibility index (Phi) is 4.92. The van der Waals surface area contributed by atoms with Gasteiger partial charge in [-0.05, 0) is 36.8 Å². The molecule has 1 amide bonds. The van der Waals surface area contributed by atoms with E-state index in [1.54, 1.807) is 0 Å². The van der Waals surface area contributed by atoms with Crippen LogP contribution < -0.4 is 5.32 Å². The second-order valence-corrected chi connectivity index (χ2v) is 8.81. The minimum atomic E-state index is 0.386. The summed E-state index contributed by atoms with van der Waals surface area (Å²) in [7, 11) is 0. The summed E-state index contributed by atoms with van der Waals surface area (Å²) in [5.74, 6) is 0. The number of benzene rings is 2. The smallest absolute Gasteiger partial charge is 0.209 e. The average molecular weight is 372 g/mol. The van der Waals surface area contributed by atoms with Gasteiger partial charge in [0.05, 0.1) is 11.4 Å². The van der Waals surface area contributed by atoms with Crippen molar-refractivity contribution >= 4 is 41.5 Å². The number of amides is 1. The predicted octanol–water partition coefficient (Wildman–Crippen LogP) is 4.38. The summed E-state index contributed by atoms with van der Waals surface area (Å²) in [4.78, 5) is 15.2. The molecule has 1 N–H and O–H groups in total. The first-order valence-corrected chi connectivity index (χ1v) is 10.2. The molecule has 25 heavy (non-hydrogen) atoms. The van der Waals surface area contributed by atoms with Crippen LogP contribution in [-0.2, 0) is 4.79 Å². The number of carbonyl (C=O) groups is 1. The van der Waals surface area contributed by atoms with Crippen molar-refractivity contribution < 1.29 is 4.79 Å². The summed E-state index contributed by atoms with van der Waals surface area (Å²) in [6, 6.07) is 15.2. The maximum Gasteiger partial charge on any atom is 0.209 e. The highest BCUT2D eigenvalue weighted by Crippen LogP contribution is 2.45. The molecule has 1 saturated heterocycles. The molecule has 1 unspecified atom stereocenters. The van der Waals surface area contributed by atoms with Gasteiger partial charge in [-0.2, -0.15) is 0 Å². The van der Waals surface area contributed by atoms with Crippen LogP contribution in [0.5, 0.6) is 0 Å². The molecule has 0 radical (unpaired) electrons. The van der Waals surface area contributed by atoms with Crippen molar-refractivity contribution in [2.45, 2.75) is 22.0 Å². The van der Waals surface area contributed by atoms with Crippen molar-refractivity contribution in [2.75, 3.05) is 31.5 Å². The Morgan fingerprint density at radius 2 is 1.84 bits per heavy atom. The Morgan fingerprint density at radius 3 is 2.64 bits per heavy atom. The molecule has 4 rings (SSSR count). The third kappa shape index (κ3) is 3.66. The number of nitrogens with zero attached hydrogens (tertiary/aromatic N) is 2. The monoisotopic (exact) mass is 371 g/mol. The van der Waals surface area contributed by atoms with Crippen LogP contribution in [0.3, 0.4) is 0 Å². The van der Waals surface area contributed by atoms with Gasteiger partial charge >= 0.3 is 0 Å². The largest absolute Gasteiger partial charge is 0.354 e.